The molecule has 4 aliphatic carbocycles. The van der Waals surface area contributed by atoms with Gasteiger partial charge in [0.15, 0.2) is 0 Å². The van der Waals surface area contributed by atoms with Gasteiger partial charge in [-0.1, -0.05) is 25.5 Å². The Morgan fingerprint density at radius 2 is 1.90 bits per heavy atom. The number of rotatable bonds is 6. The lowest BCUT2D eigenvalue weighted by Gasteiger charge is -2.58. The van der Waals surface area contributed by atoms with E-state index in [1.54, 1.807) is 5.57 Å². The number of nitrogens with zero attached hydrogens (tertiary/aromatic N) is 2. The summed E-state index contributed by atoms with van der Waals surface area (Å²) < 4.78 is 0. The number of carbonyl (C=O) groups excluding carboxylic acids is 1. The van der Waals surface area contributed by atoms with Crippen LogP contribution in [0.15, 0.2) is 11.6 Å². The van der Waals surface area contributed by atoms with E-state index < -0.39 is 0 Å². The largest absolute Gasteiger partial charge is 0.393 e. The molecule has 1 N–H and O–H groups in total. The molecular weight excluding hydrogens is 360 g/mol. The number of aliphatic hydroxyl groups is 1. The number of fused-ring (bicyclic) bond motifs is 5. The predicted octanol–water partition coefficient (Wildman–Crippen LogP) is 4.09. The number of hydrogen-bond acceptors (Lipinski definition) is 3. The molecule has 0 aromatic heterocycles. The summed E-state index contributed by atoms with van der Waals surface area (Å²) in [5, 5.41) is 10.2. The van der Waals surface area contributed by atoms with Gasteiger partial charge in [0.25, 0.3) is 0 Å². The van der Waals surface area contributed by atoms with Crippen molar-refractivity contribution in [1.82, 2.24) is 9.80 Å². The second kappa shape index (κ2) is 8.00. The molecular formula is C25H42N2O2. The Hall–Kier alpha value is -0.870. The smallest absolute Gasteiger partial charge is 0.209 e. The fourth-order valence-corrected chi connectivity index (χ4v) is 8.01. The fourth-order valence-electron chi connectivity index (χ4n) is 8.01. The van der Waals surface area contributed by atoms with Crippen LogP contribution in [0.1, 0.15) is 71.6 Å². The Morgan fingerprint density at radius 1 is 1.10 bits per heavy atom. The van der Waals surface area contributed by atoms with Crippen LogP contribution in [0.4, 0.5) is 0 Å². The van der Waals surface area contributed by atoms with Gasteiger partial charge in [0.1, 0.15) is 0 Å². The van der Waals surface area contributed by atoms with Crippen LogP contribution < -0.4 is 0 Å². The van der Waals surface area contributed by atoms with Crippen LogP contribution in [0.5, 0.6) is 0 Å². The van der Waals surface area contributed by atoms with Crippen LogP contribution in [-0.2, 0) is 4.79 Å². The molecule has 3 fully saturated rings. The maximum atomic E-state index is 12.0. The summed E-state index contributed by atoms with van der Waals surface area (Å²) in [5.74, 6) is 2.27. The maximum Gasteiger partial charge on any atom is 0.209 e. The minimum absolute atomic E-state index is 0.126. The van der Waals surface area contributed by atoms with Gasteiger partial charge in [0, 0.05) is 12.6 Å². The highest BCUT2D eigenvalue weighted by molar-refractivity contribution is 5.48. The van der Waals surface area contributed by atoms with Crippen molar-refractivity contribution in [3.05, 3.63) is 11.6 Å². The van der Waals surface area contributed by atoms with E-state index in [0.29, 0.717) is 11.5 Å². The minimum Gasteiger partial charge on any atom is -0.393 e. The zero-order valence-electron chi connectivity index (χ0n) is 19.1. The highest BCUT2D eigenvalue weighted by atomic mass is 16.3. The molecule has 0 unspecified atom stereocenters. The molecule has 0 bridgehead atoms. The fraction of sp³-hybridized carbons (Fsp3) is 0.880. The highest BCUT2D eigenvalue weighted by Crippen LogP contribution is 2.65. The van der Waals surface area contributed by atoms with Crippen molar-refractivity contribution >= 4 is 6.41 Å². The van der Waals surface area contributed by atoms with Crippen molar-refractivity contribution in [2.45, 2.75) is 83.8 Å². The van der Waals surface area contributed by atoms with Crippen molar-refractivity contribution in [3.8, 4) is 0 Å². The van der Waals surface area contributed by atoms with Gasteiger partial charge in [0.05, 0.1) is 6.10 Å². The van der Waals surface area contributed by atoms with E-state index >= 15 is 0 Å². The van der Waals surface area contributed by atoms with Crippen molar-refractivity contribution in [3.63, 3.8) is 0 Å². The molecule has 0 aromatic carbocycles. The van der Waals surface area contributed by atoms with Gasteiger partial charge in [-0.2, -0.15) is 0 Å². The Balaban J connectivity index is 1.52. The quantitative estimate of drug-likeness (QED) is 0.538. The van der Waals surface area contributed by atoms with E-state index in [2.05, 4.69) is 43.8 Å². The molecule has 164 valence electrons. The number of carbonyl (C=O) groups is 1. The van der Waals surface area contributed by atoms with E-state index in [4.69, 9.17) is 0 Å². The SMILES string of the molecule is CN(C)CCCN(C=O)[C@H]1CC[C@H]2[C@@H]3CC=C4C[C@@H](O)CC[C@]4(C)[C@H]3CC[C@]12C. The second-order valence-corrected chi connectivity index (χ2v) is 11.3. The molecule has 0 heterocycles. The van der Waals surface area contributed by atoms with Gasteiger partial charge in [-0.05, 0) is 107 Å². The number of hydrogen-bond donors (Lipinski definition) is 1. The second-order valence-electron chi connectivity index (χ2n) is 11.3. The lowest BCUT2D eigenvalue weighted by atomic mass is 9.48. The normalized spacial score (nSPS) is 43.9. The van der Waals surface area contributed by atoms with Gasteiger partial charge in [-0.15, -0.1) is 0 Å². The molecule has 1 amide bonds. The van der Waals surface area contributed by atoms with Crippen molar-refractivity contribution in [1.29, 1.82) is 0 Å². The average molecular weight is 403 g/mol. The van der Waals surface area contributed by atoms with E-state index in [-0.39, 0.29) is 11.5 Å². The van der Waals surface area contributed by atoms with Crippen LogP contribution in [0.25, 0.3) is 0 Å². The summed E-state index contributed by atoms with van der Waals surface area (Å²) in [6.07, 6.45) is 13.8. The van der Waals surface area contributed by atoms with E-state index in [1.165, 1.54) is 32.1 Å². The number of aliphatic hydroxyl groups excluding tert-OH is 1. The maximum absolute atomic E-state index is 12.0. The molecule has 4 nitrogen and oxygen atoms in total. The molecule has 4 aliphatic rings. The molecule has 0 aromatic rings. The average Bonchev–Trinajstić information content (AvgIpc) is 3.03. The summed E-state index contributed by atoms with van der Waals surface area (Å²) in [6, 6.07) is 0.416. The zero-order valence-corrected chi connectivity index (χ0v) is 19.1. The first-order valence-corrected chi connectivity index (χ1v) is 12.0. The first kappa shape index (κ1) is 21.4. The van der Waals surface area contributed by atoms with Gasteiger partial charge in [-0.25, -0.2) is 0 Å². The lowest BCUT2D eigenvalue weighted by molar-refractivity contribution is -0.125. The van der Waals surface area contributed by atoms with Crippen LogP contribution in [0.2, 0.25) is 0 Å². The molecule has 0 aliphatic heterocycles. The van der Waals surface area contributed by atoms with Crippen molar-refractivity contribution in [2.24, 2.45) is 28.6 Å². The molecule has 29 heavy (non-hydrogen) atoms. The Kier molecular flexibility index (Phi) is 5.89. The molecule has 0 radical (unpaired) electrons. The monoisotopic (exact) mass is 402 g/mol. The van der Waals surface area contributed by atoms with Gasteiger partial charge >= 0.3 is 0 Å². The third kappa shape index (κ3) is 3.59. The topological polar surface area (TPSA) is 43.8 Å². The van der Waals surface area contributed by atoms with Crippen LogP contribution in [-0.4, -0.2) is 60.6 Å². The van der Waals surface area contributed by atoms with E-state index in [9.17, 15) is 9.90 Å². The van der Waals surface area contributed by atoms with E-state index in [1.807, 2.05) is 0 Å². The van der Waals surface area contributed by atoms with Crippen LogP contribution >= 0.6 is 0 Å². The molecule has 3 saturated carbocycles. The van der Waals surface area contributed by atoms with E-state index in [0.717, 1.165) is 62.9 Å². The summed E-state index contributed by atoms with van der Waals surface area (Å²) in [7, 11) is 4.21. The predicted molar refractivity (Wildman–Crippen MR) is 117 cm³/mol. The third-order valence-corrected chi connectivity index (χ3v) is 9.59. The summed E-state index contributed by atoms with van der Waals surface area (Å²) in [6.45, 7) is 6.93. The zero-order chi connectivity index (χ0) is 20.8. The Labute approximate surface area is 177 Å². The van der Waals surface area contributed by atoms with Gasteiger partial charge in [-0.3, -0.25) is 4.79 Å². The molecule has 7 atom stereocenters. The van der Waals surface area contributed by atoms with Crippen molar-refractivity contribution in [2.75, 3.05) is 27.2 Å². The molecule has 0 spiro atoms. The summed E-state index contributed by atoms with van der Waals surface area (Å²) in [4.78, 5) is 16.4. The minimum atomic E-state index is -0.126. The Bertz CT molecular complexity index is 647. The first-order chi connectivity index (χ1) is 13.8. The molecule has 4 rings (SSSR count). The third-order valence-electron chi connectivity index (χ3n) is 9.59. The molecule has 4 heteroatoms. The first-order valence-electron chi connectivity index (χ1n) is 12.0. The lowest BCUT2D eigenvalue weighted by Crippen LogP contribution is -2.54. The molecule has 0 saturated heterocycles. The summed E-state index contributed by atoms with van der Waals surface area (Å²) >= 11 is 0. The summed E-state index contributed by atoms with van der Waals surface area (Å²) in [5.41, 5.74) is 2.13. The number of allylic oxidation sites excluding steroid dienone is 1. The highest BCUT2D eigenvalue weighted by Gasteiger charge is 2.59. The van der Waals surface area contributed by atoms with Gasteiger partial charge in [0.2, 0.25) is 6.41 Å². The van der Waals surface area contributed by atoms with Crippen LogP contribution in [0.3, 0.4) is 0 Å². The standard InChI is InChI=1S/C25H42N2O2/c1-24-12-10-19(29)16-18(24)6-7-20-21-8-9-23(25(21,2)13-11-22(20)24)27(17-28)15-5-14-26(3)4/h6,17,19-23,29H,5,7-16H2,1-4H3/t19-,20-,21-,22-,23-,24-,25-/m0/s1. The van der Waals surface area contributed by atoms with Crippen LogP contribution in [0, 0.1) is 28.6 Å². The van der Waals surface area contributed by atoms with Crippen molar-refractivity contribution < 1.29 is 9.90 Å². The van der Waals surface area contributed by atoms with Gasteiger partial charge < -0.3 is 14.9 Å². The number of amides is 1. The Morgan fingerprint density at radius 3 is 2.62 bits per heavy atom.